The van der Waals surface area contributed by atoms with E-state index in [1.54, 1.807) is 11.7 Å². The molecule has 0 aliphatic carbocycles. The molecule has 0 N–H and O–H groups in total. The van der Waals surface area contributed by atoms with Crippen molar-refractivity contribution in [3.8, 4) is 5.75 Å². The Kier molecular flexibility index (Phi) is 3.92. The number of benzene rings is 2. The summed E-state index contributed by atoms with van der Waals surface area (Å²) in [5, 5.41) is 0.660. The Hall–Kier alpha value is -2.62. The lowest BCUT2D eigenvalue weighted by atomic mass is 10.2. The van der Waals surface area contributed by atoms with Gasteiger partial charge in [-0.3, -0.25) is 9.36 Å². The van der Waals surface area contributed by atoms with Crippen LogP contribution in [0.4, 0.5) is 0 Å². The van der Waals surface area contributed by atoms with Crippen molar-refractivity contribution in [1.29, 1.82) is 0 Å². The molecule has 0 spiro atoms. The Morgan fingerprint density at radius 2 is 1.82 bits per heavy atom. The molecule has 0 unspecified atom stereocenters. The standard InChI is InChI=1S/C18H18N2O2/c1-3-17-19-16-7-5-4-6-15(16)18(21)20(17)12-13-8-10-14(22-2)11-9-13/h4-11H,3,12H2,1-2H3. The first-order chi connectivity index (χ1) is 10.7. The molecule has 0 saturated heterocycles. The topological polar surface area (TPSA) is 44.1 Å². The molecule has 0 atom stereocenters. The number of hydrogen-bond acceptors (Lipinski definition) is 3. The molecule has 22 heavy (non-hydrogen) atoms. The maximum Gasteiger partial charge on any atom is 0.261 e. The van der Waals surface area contributed by atoms with E-state index in [1.807, 2.05) is 55.5 Å². The van der Waals surface area contributed by atoms with E-state index in [2.05, 4.69) is 4.98 Å². The summed E-state index contributed by atoms with van der Waals surface area (Å²) in [4.78, 5) is 17.4. The number of para-hydroxylation sites is 1. The monoisotopic (exact) mass is 294 g/mol. The molecular weight excluding hydrogens is 276 g/mol. The Morgan fingerprint density at radius 3 is 2.50 bits per heavy atom. The van der Waals surface area contributed by atoms with Crippen LogP contribution in [0.3, 0.4) is 0 Å². The van der Waals surface area contributed by atoms with Gasteiger partial charge in [0, 0.05) is 6.42 Å². The summed E-state index contributed by atoms with van der Waals surface area (Å²) in [6.45, 7) is 2.53. The van der Waals surface area contributed by atoms with Crippen LogP contribution < -0.4 is 10.3 Å². The summed E-state index contributed by atoms with van der Waals surface area (Å²) < 4.78 is 6.92. The van der Waals surface area contributed by atoms with Gasteiger partial charge in [0.1, 0.15) is 11.6 Å². The van der Waals surface area contributed by atoms with Crippen LogP contribution in [0.1, 0.15) is 18.3 Å². The fourth-order valence-electron chi connectivity index (χ4n) is 2.56. The Balaban J connectivity index is 2.08. The van der Waals surface area contributed by atoms with Crippen molar-refractivity contribution in [2.75, 3.05) is 7.11 Å². The van der Waals surface area contributed by atoms with Gasteiger partial charge in [0.25, 0.3) is 5.56 Å². The zero-order valence-electron chi connectivity index (χ0n) is 12.7. The van der Waals surface area contributed by atoms with Gasteiger partial charge in [0.05, 0.1) is 24.6 Å². The fraction of sp³-hybridized carbons (Fsp3) is 0.222. The van der Waals surface area contributed by atoms with E-state index in [-0.39, 0.29) is 5.56 Å². The molecule has 112 valence electrons. The molecular formula is C18H18N2O2. The van der Waals surface area contributed by atoms with Gasteiger partial charge in [-0.25, -0.2) is 4.98 Å². The molecule has 0 fully saturated rings. The van der Waals surface area contributed by atoms with Crippen LogP contribution in [0.5, 0.6) is 5.75 Å². The first-order valence-corrected chi connectivity index (χ1v) is 7.34. The molecule has 0 aliphatic heterocycles. The van der Waals surface area contributed by atoms with Gasteiger partial charge in [-0.15, -0.1) is 0 Å². The van der Waals surface area contributed by atoms with Crippen molar-refractivity contribution in [3.63, 3.8) is 0 Å². The largest absolute Gasteiger partial charge is 0.497 e. The lowest BCUT2D eigenvalue weighted by Gasteiger charge is -2.12. The third-order valence-electron chi connectivity index (χ3n) is 3.76. The van der Waals surface area contributed by atoms with E-state index in [9.17, 15) is 4.79 Å². The van der Waals surface area contributed by atoms with Crippen LogP contribution in [0.15, 0.2) is 53.3 Å². The smallest absolute Gasteiger partial charge is 0.261 e. The van der Waals surface area contributed by atoms with Gasteiger partial charge in [-0.05, 0) is 29.8 Å². The minimum absolute atomic E-state index is 0.0123. The second-order valence-corrected chi connectivity index (χ2v) is 5.14. The van der Waals surface area contributed by atoms with Crippen LogP contribution >= 0.6 is 0 Å². The van der Waals surface area contributed by atoms with E-state index in [0.29, 0.717) is 11.9 Å². The molecule has 0 saturated carbocycles. The summed E-state index contributed by atoms with van der Waals surface area (Å²) in [7, 11) is 1.64. The minimum atomic E-state index is 0.0123. The predicted octanol–water partition coefficient (Wildman–Crippen LogP) is 3.02. The Morgan fingerprint density at radius 1 is 1.09 bits per heavy atom. The molecule has 4 nitrogen and oxygen atoms in total. The molecule has 3 aromatic rings. The van der Waals surface area contributed by atoms with Gasteiger partial charge in [-0.2, -0.15) is 0 Å². The van der Waals surface area contributed by atoms with Gasteiger partial charge >= 0.3 is 0 Å². The van der Waals surface area contributed by atoms with Crippen molar-refractivity contribution in [1.82, 2.24) is 9.55 Å². The lowest BCUT2D eigenvalue weighted by molar-refractivity contribution is 0.414. The average Bonchev–Trinajstić information content (AvgIpc) is 2.58. The maximum absolute atomic E-state index is 12.7. The Bertz CT molecular complexity index is 851. The number of rotatable bonds is 4. The second-order valence-electron chi connectivity index (χ2n) is 5.14. The fourth-order valence-corrected chi connectivity index (χ4v) is 2.56. The maximum atomic E-state index is 12.7. The summed E-state index contributed by atoms with van der Waals surface area (Å²) in [6.07, 6.45) is 0.718. The zero-order valence-corrected chi connectivity index (χ0v) is 12.7. The van der Waals surface area contributed by atoms with Crippen molar-refractivity contribution in [2.45, 2.75) is 19.9 Å². The predicted molar refractivity (Wildman–Crippen MR) is 87.5 cm³/mol. The highest BCUT2D eigenvalue weighted by Gasteiger charge is 2.10. The number of ether oxygens (including phenoxy) is 1. The molecule has 1 aromatic heterocycles. The van der Waals surface area contributed by atoms with Crippen molar-refractivity contribution >= 4 is 10.9 Å². The molecule has 0 radical (unpaired) electrons. The molecule has 2 aromatic carbocycles. The van der Waals surface area contributed by atoms with Crippen molar-refractivity contribution in [2.24, 2.45) is 0 Å². The molecule has 0 bridgehead atoms. The van der Waals surface area contributed by atoms with Gasteiger partial charge in [0.15, 0.2) is 0 Å². The first-order valence-electron chi connectivity index (χ1n) is 7.34. The SMILES string of the molecule is CCc1nc2ccccc2c(=O)n1Cc1ccc(OC)cc1. The highest BCUT2D eigenvalue weighted by Crippen LogP contribution is 2.14. The van der Waals surface area contributed by atoms with Crippen LogP contribution in [0.25, 0.3) is 10.9 Å². The van der Waals surface area contributed by atoms with Gasteiger partial charge in [0.2, 0.25) is 0 Å². The summed E-state index contributed by atoms with van der Waals surface area (Å²) >= 11 is 0. The highest BCUT2D eigenvalue weighted by atomic mass is 16.5. The Labute approximate surface area is 129 Å². The number of aryl methyl sites for hydroxylation is 1. The van der Waals surface area contributed by atoms with Crippen LogP contribution in [0, 0.1) is 0 Å². The minimum Gasteiger partial charge on any atom is -0.497 e. The summed E-state index contributed by atoms with van der Waals surface area (Å²) in [5.41, 5.74) is 1.82. The van der Waals surface area contributed by atoms with E-state index >= 15 is 0 Å². The van der Waals surface area contributed by atoms with E-state index in [0.717, 1.165) is 29.1 Å². The normalized spacial score (nSPS) is 10.8. The quantitative estimate of drug-likeness (QED) is 0.743. The van der Waals surface area contributed by atoms with Crippen LogP contribution in [0.2, 0.25) is 0 Å². The summed E-state index contributed by atoms with van der Waals surface area (Å²) in [5.74, 6) is 1.61. The van der Waals surface area contributed by atoms with Crippen LogP contribution in [-0.2, 0) is 13.0 Å². The number of fused-ring (bicyclic) bond motifs is 1. The average molecular weight is 294 g/mol. The number of aromatic nitrogens is 2. The van der Waals surface area contributed by atoms with Crippen LogP contribution in [-0.4, -0.2) is 16.7 Å². The van der Waals surface area contributed by atoms with Crippen molar-refractivity contribution < 1.29 is 4.74 Å². The molecule has 3 rings (SSSR count). The third kappa shape index (κ3) is 2.60. The van der Waals surface area contributed by atoms with E-state index < -0.39 is 0 Å². The lowest BCUT2D eigenvalue weighted by Crippen LogP contribution is -2.25. The third-order valence-corrected chi connectivity index (χ3v) is 3.76. The van der Waals surface area contributed by atoms with Gasteiger partial charge in [-0.1, -0.05) is 31.2 Å². The molecule has 1 heterocycles. The highest BCUT2D eigenvalue weighted by molar-refractivity contribution is 5.77. The van der Waals surface area contributed by atoms with E-state index in [4.69, 9.17) is 4.74 Å². The van der Waals surface area contributed by atoms with Crippen molar-refractivity contribution in [3.05, 3.63) is 70.3 Å². The second kappa shape index (κ2) is 6.02. The van der Waals surface area contributed by atoms with E-state index in [1.165, 1.54) is 0 Å². The van der Waals surface area contributed by atoms with Gasteiger partial charge < -0.3 is 4.74 Å². The number of hydrogen-bond donors (Lipinski definition) is 0. The first kappa shape index (κ1) is 14.3. The molecule has 4 heteroatoms. The molecule has 0 amide bonds. The molecule has 0 aliphatic rings. The number of methoxy groups -OCH3 is 1. The number of nitrogens with zero attached hydrogens (tertiary/aromatic N) is 2. The summed E-state index contributed by atoms with van der Waals surface area (Å²) in [6, 6.07) is 15.2. The zero-order chi connectivity index (χ0) is 15.5.